The minimum absolute atomic E-state index is 0.0425. The van der Waals surface area contributed by atoms with E-state index in [1.165, 1.54) is 0 Å². The minimum Gasteiger partial charge on any atom is -0.496 e. The predicted octanol–water partition coefficient (Wildman–Crippen LogP) is 4.66. The standard InChI is InChI=1S/C29H37BrN4O4/c1-19-3-6-21(17-27(19)37-2)32-28(35)20-4-7-23(8-5-20)34-18-25-24(29(34)36)15-22(16-26(25)30)31-9-10-33-11-13-38-14-12-33/h3,6,15-17,20,23,31H,4-5,7-14,18H2,1-2H3,(H,32,35). The van der Waals surface area contributed by atoms with Gasteiger partial charge < -0.3 is 25.0 Å². The number of carbonyl (C=O) groups is 2. The van der Waals surface area contributed by atoms with Crippen molar-refractivity contribution in [2.45, 2.75) is 45.2 Å². The van der Waals surface area contributed by atoms with Crippen LogP contribution in [0.15, 0.2) is 34.8 Å². The number of anilines is 2. The van der Waals surface area contributed by atoms with Crippen LogP contribution in [0.3, 0.4) is 0 Å². The van der Waals surface area contributed by atoms with Gasteiger partial charge in [-0.2, -0.15) is 0 Å². The fourth-order valence-corrected chi connectivity index (χ4v) is 6.34. The summed E-state index contributed by atoms with van der Waals surface area (Å²) in [6, 6.07) is 9.95. The predicted molar refractivity (Wildman–Crippen MR) is 152 cm³/mol. The van der Waals surface area contributed by atoms with Gasteiger partial charge in [-0.1, -0.05) is 22.0 Å². The van der Waals surface area contributed by atoms with Crippen LogP contribution in [0.4, 0.5) is 11.4 Å². The van der Waals surface area contributed by atoms with E-state index < -0.39 is 0 Å². The molecule has 8 nitrogen and oxygen atoms in total. The second kappa shape index (κ2) is 12.1. The van der Waals surface area contributed by atoms with Crippen molar-refractivity contribution in [3.05, 3.63) is 51.5 Å². The zero-order valence-electron chi connectivity index (χ0n) is 22.2. The van der Waals surface area contributed by atoms with Crippen molar-refractivity contribution in [2.75, 3.05) is 57.1 Å². The van der Waals surface area contributed by atoms with Gasteiger partial charge in [-0.25, -0.2) is 0 Å². The lowest BCUT2D eigenvalue weighted by Crippen LogP contribution is -2.40. The fraction of sp³-hybridized carbons (Fsp3) is 0.517. The summed E-state index contributed by atoms with van der Waals surface area (Å²) < 4.78 is 11.8. The summed E-state index contributed by atoms with van der Waals surface area (Å²) in [5.74, 6) is 0.853. The molecule has 0 unspecified atom stereocenters. The summed E-state index contributed by atoms with van der Waals surface area (Å²) >= 11 is 3.71. The van der Waals surface area contributed by atoms with E-state index in [1.807, 2.05) is 36.1 Å². The van der Waals surface area contributed by atoms with E-state index in [9.17, 15) is 9.59 Å². The van der Waals surface area contributed by atoms with Crippen molar-refractivity contribution in [3.63, 3.8) is 0 Å². The van der Waals surface area contributed by atoms with Gasteiger partial charge in [0.2, 0.25) is 5.91 Å². The van der Waals surface area contributed by atoms with Crippen molar-refractivity contribution in [2.24, 2.45) is 5.92 Å². The van der Waals surface area contributed by atoms with E-state index in [4.69, 9.17) is 9.47 Å². The number of ether oxygens (including phenoxy) is 2. The highest BCUT2D eigenvalue weighted by Crippen LogP contribution is 2.37. The molecule has 2 aliphatic heterocycles. The van der Waals surface area contributed by atoms with Gasteiger partial charge in [-0.05, 0) is 61.9 Å². The normalized spacial score (nSPS) is 21.8. The molecule has 38 heavy (non-hydrogen) atoms. The van der Waals surface area contributed by atoms with Crippen LogP contribution in [0.5, 0.6) is 5.75 Å². The Kier molecular flexibility index (Phi) is 8.55. The Labute approximate surface area is 233 Å². The summed E-state index contributed by atoms with van der Waals surface area (Å²) in [4.78, 5) is 30.8. The third-order valence-electron chi connectivity index (χ3n) is 8.06. The number of carbonyl (C=O) groups excluding carboxylic acids is 2. The van der Waals surface area contributed by atoms with Crippen LogP contribution in [0.1, 0.15) is 47.2 Å². The number of methoxy groups -OCH3 is 1. The Morgan fingerprint density at radius 2 is 1.87 bits per heavy atom. The lowest BCUT2D eigenvalue weighted by molar-refractivity contribution is -0.121. The molecule has 204 valence electrons. The van der Waals surface area contributed by atoms with Gasteiger partial charge in [0.05, 0.1) is 20.3 Å². The van der Waals surface area contributed by atoms with Crippen LogP contribution < -0.4 is 15.4 Å². The number of morpholine rings is 1. The first-order valence-corrected chi connectivity index (χ1v) is 14.3. The Hall–Kier alpha value is -2.62. The van der Waals surface area contributed by atoms with Gasteiger partial charge >= 0.3 is 0 Å². The Morgan fingerprint density at radius 3 is 2.61 bits per heavy atom. The number of hydrogen-bond donors (Lipinski definition) is 2. The molecule has 2 aromatic carbocycles. The highest BCUT2D eigenvalue weighted by molar-refractivity contribution is 9.10. The third-order valence-corrected chi connectivity index (χ3v) is 8.77. The van der Waals surface area contributed by atoms with Gasteiger partial charge in [-0.15, -0.1) is 0 Å². The molecule has 2 amide bonds. The summed E-state index contributed by atoms with van der Waals surface area (Å²) in [5, 5.41) is 6.54. The summed E-state index contributed by atoms with van der Waals surface area (Å²) in [7, 11) is 1.63. The topological polar surface area (TPSA) is 83.1 Å². The first-order chi connectivity index (χ1) is 18.4. The molecule has 0 spiro atoms. The van der Waals surface area contributed by atoms with E-state index in [-0.39, 0.29) is 23.8 Å². The molecule has 0 atom stereocenters. The van der Waals surface area contributed by atoms with E-state index in [1.54, 1.807) is 7.11 Å². The molecule has 1 saturated heterocycles. The number of hydrogen-bond acceptors (Lipinski definition) is 6. The Balaban J connectivity index is 1.14. The van der Waals surface area contributed by atoms with E-state index in [0.29, 0.717) is 6.54 Å². The number of amides is 2. The van der Waals surface area contributed by atoms with Gasteiger partial charge in [-0.3, -0.25) is 14.5 Å². The molecule has 5 rings (SSSR count). The van der Waals surface area contributed by atoms with E-state index >= 15 is 0 Å². The number of nitrogens with zero attached hydrogens (tertiary/aromatic N) is 2. The molecule has 9 heteroatoms. The van der Waals surface area contributed by atoms with Crippen molar-refractivity contribution in [1.29, 1.82) is 0 Å². The van der Waals surface area contributed by atoms with Crippen molar-refractivity contribution in [3.8, 4) is 5.75 Å². The molecule has 2 aromatic rings. The summed E-state index contributed by atoms with van der Waals surface area (Å²) in [6.45, 7) is 7.89. The van der Waals surface area contributed by atoms with Gasteiger partial charge in [0, 0.05) is 72.2 Å². The van der Waals surface area contributed by atoms with Gasteiger partial charge in [0.1, 0.15) is 5.75 Å². The first kappa shape index (κ1) is 27.0. The maximum Gasteiger partial charge on any atom is 0.254 e. The number of nitrogens with one attached hydrogen (secondary N) is 2. The Morgan fingerprint density at radius 1 is 1.11 bits per heavy atom. The largest absolute Gasteiger partial charge is 0.496 e. The summed E-state index contributed by atoms with van der Waals surface area (Å²) in [5.41, 5.74) is 4.59. The lowest BCUT2D eigenvalue weighted by atomic mass is 9.84. The number of halogens is 1. The highest BCUT2D eigenvalue weighted by Gasteiger charge is 2.37. The fourth-order valence-electron chi connectivity index (χ4n) is 5.76. The van der Waals surface area contributed by atoms with Crippen LogP contribution in [-0.2, 0) is 16.1 Å². The summed E-state index contributed by atoms with van der Waals surface area (Å²) in [6.07, 6.45) is 3.21. The molecule has 0 bridgehead atoms. The van der Waals surface area contributed by atoms with E-state index in [0.717, 1.165) is 103 Å². The molecule has 0 aromatic heterocycles. The average molecular weight is 586 g/mol. The molecular formula is C29H37BrN4O4. The smallest absolute Gasteiger partial charge is 0.254 e. The molecular weight excluding hydrogens is 548 g/mol. The minimum atomic E-state index is -0.0485. The number of benzene rings is 2. The average Bonchev–Trinajstić information content (AvgIpc) is 3.27. The monoisotopic (exact) mass is 584 g/mol. The van der Waals surface area contributed by atoms with Crippen LogP contribution in [0.2, 0.25) is 0 Å². The van der Waals surface area contributed by atoms with Crippen LogP contribution in [0, 0.1) is 12.8 Å². The molecule has 0 radical (unpaired) electrons. The maximum atomic E-state index is 13.4. The number of rotatable bonds is 8. The second-order valence-electron chi connectivity index (χ2n) is 10.5. The van der Waals surface area contributed by atoms with Crippen molar-refractivity contribution < 1.29 is 19.1 Å². The van der Waals surface area contributed by atoms with Crippen LogP contribution in [0.25, 0.3) is 0 Å². The van der Waals surface area contributed by atoms with E-state index in [2.05, 4.69) is 37.5 Å². The van der Waals surface area contributed by atoms with Gasteiger partial charge in [0.15, 0.2) is 0 Å². The first-order valence-electron chi connectivity index (χ1n) is 13.6. The molecule has 1 aliphatic carbocycles. The second-order valence-corrected chi connectivity index (χ2v) is 11.3. The zero-order chi connectivity index (χ0) is 26.6. The third kappa shape index (κ3) is 6.00. The quantitative estimate of drug-likeness (QED) is 0.469. The van der Waals surface area contributed by atoms with Crippen LogP contribution in [-0.4, -0.2) is 74.2 Å². The molecule has 2 heterocycles. The molecule has 2 fully saturated rings. The Bertz CT molecular complexity index is 1180. The lowest BCUT2D eigenvalue weighted by Gasteiger charge is -2.34. The van der Waals surface area contributed by atoms with Gasteiger partial charge in [0.25, 0.3) is 5.91 Å². The SMILES string of the molecule is COc1cc(NC(=O)C2CCC(N3Cc4c(Br)cc(NCCN5CCOCC5)cc4C3=O)CC2)ccc1C. The maximum absolute atomic E-state index is 13.4. The zero-order valence-corrected chi connectivity index (χ0v) is 23.8. The van der Waals surface area contributed by atoms with Crippen molar-refractivity contribution >= 4 is 39.1 Å². The van der Waals surface area contributed by atoms with Crippen molar-refractivity contribution in [1.82, 2.24) is 9.80 Å². The molecule has 1 saturated carbocycles. The molecule has 3 aliphatic rings. The highest BCUT2D eigenvalue weighted by atomic mass is 79.9. The number of fused-ring (bicyclic) bond motifs is 1. The van der Waals surface area contributed by atoms with Crippen LogP contribution >= 0.6 is 15.9 Å². The molecule has 2 N–H and O–H groups in total. The number of aryl methyl sites for hydroxylation is 1.